The molecular formula is C17H14N2O. The highest BCUT2D eigenvalue weighted by atomic mass is 16.5. The molecular weight excluding hydrogens is 248 g/mol. The average Bonchev–Trinajstić information content (AvgIpc) is 2.91. The Morgan fingerprint density at radius 3 is 2.75 bits per heavy atom. The van der Waals surface area contributed by atoms with Crippen LogP contribution < -0.4 is 5.73 Å². The number of benzene rings is 2. The minimum absolute atomic E-state index is 0.202. The summed E-state index contributed by atoms with van der Waals surface area (Å²) in [7, 11) is 0. The van der Waals surface area contributed by atoms with Crippen LogP contribution in [0.5, 0.6) is 0 Å². The molecule has 0 aliphatic heterocycles. The lowest BCUT2D eigenvalue weighted by atomic mass is 9.95. The highest BCUT2D eigenvalue weighted by Gasteiger charge is 2.16. The second kappa shape index (κ2) is 5.20. The number of nitrogens with two attached hydrogens (primary N) is 1. The highest BCUT2D eigenvalue weighted by Crippen LogP contribution is 2.32. The van der Waals surface area contributed by atoms with Crippen LogP contribution in [0.15, 0.2) is 53.1 Å². The monoisotopic (exact) mass is 262 g/mol. The van der Waals surface area contributed by atoms with Crippen molar-refractivity contribution in [3.63, 3.8) is 0 Å². The Morgan fingerprint density at radius 1 is 1.15 bits per heavy atom. The largest absolute Gasteiger partial charge is 0.356 e. The van der Waals surface area contributed by atoms with Crippen molar-refractivity contribution < 1.29 is 4.52 Å². The summed E-state index contributed by atoms with van der Waals surface area (Å²) in [6.45, 7) is 0. The molecule has 0 radical (unpaired) electrons. The van der Waals surface area contributed by atoms with Gasteiger partial charge < -0.3 is 10.3 Å². The van der Waals surface area contributed by atoms with Crippen molar-refractivity contribution in [1.82, 2.24) is 5.16 Å². The third kappa shape index (κ3) is 2.07. The second-order valence-electron chi connectivity index (χ2n) is 4.63. The zero-order chi connectivity index (χ0) is 13.9. The normalized spacial score (nSPS) is 12.2. The summed E-state index contributed by atoms with van der Waals surface area (Å²) in [5.74, 6) is 2.61. The summed E-state index contributed by atoms with van der Waals surface area (Å²) >= 11 is 0. The van der Waals surface area contributed by atoms with E-state index in [1.54, 1.807) is 0 Å². The molecule has 0 bridgehead atoms. The molecule has 0 aliphatic rings. The maximum absolute atomic E-state index is 6.16. The van der Waals surface area contributed by atoms with Crippen molar-refractivity contribution in [2.45, 2.75) is 12.5 Å². The first-order valence-corrected chi connectivity index (χ1v) is 6.44. The van der Waals surface area contributed by atoms with Gasteiger partial charge in [0.1, 0.15) is 5.69 Å². The number of fused-ring (bicyclic) bond motifs is 1. The molecule has 3 rings (SSSR count). The fourth-order valence-corrected chi connectivity index (χ4v) is 2.35. The predicted octanol–water partition coefficient (Wildman–Crippen LogP) is 3.52. The molecule has 3 nitrogen and oxygen atoms in total. The zero-order valence-electron chi connectivity index (χ0n) is 10.9. The van der Waals surface area contributed by atoms with Crippen molar-refractivity contribution in [3.05, 3.63) is 54.1 Å². The van der Waals surface area contributed by atoms with Gasteiger partial charge in [0, 0.05) is 23.4 Å². The van der Waals surface area contributed by atoms with E-state index < -0.39 is 0 Å². The van der Waals surface area contributed by atoms with Crippen LogP contribution in [0, 0.1) is 12.3 Å². The number of hydrogen-bond acceptors (Lipinski definition) is 3. The van der Waals surface area contributed by atoms with E-state index in [9.17, 15) is 0 Å². The van der Waals surface area contributed by atoms with E-state index in [0.29, 0.717) is 6.42 Å². The van der Waals surface area contributed by atoms with Gasteiger partial charge in [-0.25, -0.2) is 0 Å². The zero-order valence-corrected chi connectivity index (χ0v) is 10.9. The van der Waals surface area contributed by atoms with Gasteiger partial charge in [0.05, 0.1) is 0 Å². The first-order valence-electron chi connectivity index (χ1n) is 6.44. The first-order chi connectivity index (χ1) is 9.81. The van der Waals surface area contributed by atoms with Crippen LogP contribution in [0.3, 0.4) is 0 Å². The Bertz CT molecular complexity index is 783. The third-order valence-corrected chi connectivity index (χ3v) is 3.33. The number of rotatable bonds is 3. The molecule has 0 saturated heterocycles. The lowest BCUT2D eigenvalue weighted by molar-refractivity contribution is 0.459. The maximum atomic E-state index is 6.16. The number of terminal acetylenes is 1. The molecule has 98 valence electrons. The molecule has 3 heteroatoms. The lowest BCUT2D eigenvalue weighted by Crippen LogP contribution is -2.10. The molecule has 2 aromatic carbocycles. The number of aromatic nitrogens is 1. The molecule has 0 amide bonds. The molecule has 1 aromatic heterocycles. The van der Waals surface area contributed by atoms with Crippen molar-refractivity contribution in [2.24, 2.45) is 5.73 Å². The van der Waals surface area contributed by atoms with Crippen LogP contribution in [0.4, 0.5) is 0 Å². The van der Waals surface area contributed by atoms with E-state index >= 15 is 0 Å². The Hall–Kier alpha value is -2.57. The molecule has 1 heterocycles. The number of hydrogen-bond donors (Lipinski definition) is 1. The molecule has 0 fully saturated rings. The Labute approximate surface area is 117 Å². The van der Waals surface area contributed by atoms with Gasteiger partial charge in [0.15, 0.2) is 5.58 Å². The maximum Gasteiger partial charge on any atom is 0.167 e. The average molecular weight is 262 g/mol. The van der Waals surface area contributed by atoms with Gasteiger partial charge in [-0.1, -0.05) is 41.6 Å². The molecule has 20 heavy (non-hydrogen) atoms. The van der Waals surface area contributed by atoms with E-state index in [-0.39, 0.29) is 6.04 Å². The minimum atomic E-state index is -0.202. The van der Waals surface area contributed by atoms with Crippen molar-refractivity contribution >= 4 is 11.0 Å². The van der Waals surface area contributed by atoms with Gasteiger partial charge >= 0.3 is 0 Å². The Balaban J connectivity index is 2.18. The summed E-state index contributed by atoms with van der Waals surface area (Å²) in [5.41, 5.74) is 9.69. The van der Waals surface area contributed by atoms with Gasteiger partial charge in [-0.2, -0.15) is 0 Å². The standard InChI is InChI=1S/C17H14N2O/c1-2-7-15(18)12-8-3-4-9-13(12)17-14-10-5-6-11-16(14)20-19-17/h1,3-6,8-11,15H,7,18H2. The second-order valence-corrected chi connectivity index (χ2v) is 4.63. The van der Waals surface area contributed by atoms with E-state index in [2.05, 4.69) is 11.1 Å². The van der Waals surface area contributed by atoms with Gasteiger partial charge in [-0.05, 0) is 17.7 Å². The van der Waals surface area contributed by atoms with Crippen LogP contribution in [-0.2, 0) is 0 Å². The molecule has 2 N–H and O–H groups in total. The first kappa shape index (κ1) is 12.5. The fourth-order valence-electron chi connectivity index (χ4n) is 2.35. The van der Waals surface area contributed by atoms with Crippen LogP contribution in [0.25, 0.3) is 22.2 Å². The van der Waals surface area contributed by atoms with Crippen LogP contribution in [0.2, 0.25) is 0 Å². The van der Waals surface area contributed by atoms with Gasteiger partial charge in [0.2, 0.25) is 0 Å². The van der Waals surface area contributed by atoms with E-state index in [1.165, 1.54) is 0 Å². The SMILES string of the molecule is C#CCC(N)c1ccccc1-c1noc2ccccc12. The summed E-state index contributed by atoms with van der Waals surface area (Å²) in [6, 6.07) is 15.5. The number of nitrogens with zero attached hydrogens (tertiary/aromatic N) is 1. The van der Waals surface area contributed by atoms with Crippen molar-refractivity contribution in [1.29, 1.82) is 0 Å². The molecule has 1 atom stereocenters. The summed E-state index contributed by atoms with van der Waals surface area (Å²) < 4.78 is 5.37. The third-order valence-electron chi connectivity index (χ3n) is 3.33. The minimum Gasteiger partial charge on any atom is -0.356 e. The molecule has 0 spiro atoms. The van der Waals surface area contributed by atoms with E-state index in [1.807, 2.05) is 48.5 Å². The number of para-hydroxylation sites is 1. The summed E-state index contributed by atoms with van der Waals surface area (Å²) in [4.78, 5) is 0. The lowest BCUT2D eigenvalue weighted by Gasteiger charge is -2.12. The summed E-state index contributed by atoms with van der Waals surface area (Å²) in [6.07, 6.45) is 5.85. The molecule has 1 unspecified atom stereocenters. The van der Waals surface area contributed by atoms with Crippen LogP contribution in [0.1, 0.15) is 18.0 Å². The van der Waals surface area contributed by atoms with E-state index in [0.717, 1.165) is 27.8 Å². The molecule has 0 aliphatic carbocycles. The van der Waals surface area contributed by atoms with Crippen molar-refractivity contribution in [2.75, 3.05) is 0 Å². The molecule has 0 saturated carbocycles. The Morgan fingerprint density at radius 2 is 1.90 bits per heavy atom. The Kier molecular flexibility index (Phi) is 3.24. The quantitative estimate of drug-likeness (QED) is 0.735. The summed E-state index contributed by atoms with van der Waals surface area (Å²) in [5, 5.41) is 5.17. The molecule has 3 aromatic rings. The smallest absolute Gasteiger partial charge is 0.167 e. The van der Waals surface area contributed by atoms with Crippen LogP contribution in [-0.4, -0.2) is 5.16 Å². The fraction of sp³-hybridized carbons (Fsp3) is 0.118. The van der Waals surface area contributed by atoms with Crippen molar-refractivity contribution in [3.8, 4) is 23.6 Å². The van der Waals surface area contributed by atoms with E-state index in [4.69, 9.17) is 16.7 Å². The van der Waals surface area contributed by atoms with Crippen LogP contribution >= 0.6 is 0 Å². The predicted molar refractivity (Wildman–Crippen MR) is 79.8 cm³/mol. The van der Waals surface area contributed by atoms with Gasteiger partial charge in [-0.15, -0.1) is 12.3 Å². The van der Waals surface area contributed by atoms with Gasteiger partial charge in [0.25, 0.3) is 0 Å². The topological polar surface area (TPSA) is 52.0 Å². The van der Waals surface area contributed by atoms with Gasteiger partial charge in [-0.3, -0.25) is 0 Å². The highest BCUT2D eigenvalue weighted by molar-refractivity contribution is 5.92.